The topological polar surface area (TPSA) is 76.0 Å². The highest BCUT2D eigenvalue weighted by molar-refractivity contribution is 5.69. The van der Waals surface area contributed by atoms with Crippen molar-refractivity contribution in [2.75, 3.05) is 13.7 Å². The predicted octanol–water partition coefficient (Wildman–Crippen LogP) is 1.29. The molecule has 114 valence electrons. The number of benzene rings is 1. The Morgan fingerprint density at radius 1 is 1.43 bits per heavy atom. The Morgan fingerprint density at radius 3 is 2.95 bits per heavy atom. The van der Waals surface area contributed by atoms with Crippen LogP contribution >= 0.6 is 0 Å². The minimum Gasteiger partial charge on any atom is -0.481 e. The summed E-state index contributed by atoms with van der Waals surface area (Å²) in [6.07, 6.45) is 2.79. The molecule has 2 aliphatic rings. The van der Waals surface area contributed by atoms with Gasteiger partial charge in [0.2, 0.25) is 0 Å². The van der Waals surface area contributed by atoms with Gasteiger partial charge in [-0.25, -0.2) is 0 Å². The second-order valence-corrected chi connectivity index (χ2v) is 5.84. The van der Waals surface area contributed by atoms with Crippen LogP contribution in [0.1, 0.15) is 36.8 Å². The van der Waals surface area contributed by atoms with Gasteiger partial charge in [-0.1, -0.05) is 18.2 Å². The molecule has 0 bridgehead atoms. The molecule has 1 heterocycles. The Bertz CT molecular complexity index is 570. The molecule has 0 radical (unpaired) electrons. The van der Waals surface area contributed by atoms with E-state index in [9.17, 15) is 15.0 Å². The number of carbonyl (C=O) groups excluding carboxylic acids is 1. The van der Waals surface area contributed by atoms with Crippen molar-refractivity contribution in [3.05, 3.63) is 29.3 Å². The molecule has 0 spiro atoms. The zero-order chi connectivity index (χ0) is 15.1. The molecule has 1 aromatic carbocycles. The average molecular weight is 292 g/mol. The summed E-state index contributed by atoms with van der Waals surface area (Å²) < 4.78 is 10.7. The fraction of sp³-hybridized carbons (Fsp3) is 0.562. The van der Waals surface area contributed by atoms with Crippen molar-refractivity contribution >= 4 is 5.97 Å². The maximum Gasteiger partial charge on any atom is 0.305 e. The van der Waals surface area contributed by atoms with Gasteiger partial charge in [-0.15, -0.1) is 0 Å². The maximum absolute atomic E-state index is 11.3. The summed E-state index contributed by atoms with van der Waals surface area (Å²) in [6.45, 7) is -0.214. The highest BCUT2D eigenvalue weighted by Gasteiger charge is 2.62. The first-order valence-corrected chi connectivity index (χ1v) is 7.28. The van der Waals surface area contributed by atoms with Crippen LogP contribution in [0.25, 0.3) is 0 Å². The quantitative estimate of drug-likeness (QED) is 0.818. The van der Waals surface area contributed by atoms with E-state index in [4.69, 9.17) is 4.74 Å². The van der Waals surface area contributed by atoms with Crippen molar-refractivity contribution in [2.24, 2.45) is 0 Å². The number of rotatable bonds is 4. The van der Waals surface area contributed by atoms with Crippen LogP contribution in [0.5, 0.6) is 5.75 Å². The molecule has 1 aliphatic carbocycles. The van der Waals surface area contributed by atoms with Gasteiger partial charge >= 0.3 is 5.97 Å². The standard InChI is InChI=1S/C16H20O5/c1-20-13(18)7-6-11-4-2-5-12-14(11)21-15(10-17)8-3-9-16(12,15)19/h2,4-5,17,19H,3,6-10H2,1H3. The number of fused-ring (bicyclic) bond motifs is 3. The number of aryl methyl sites for hydroxylation is 1. The molecule has 2 N–H and O–H groups in total. The maximum atomic E-state index is 11.3. The lowest BCUT2D eigenvalue weighted by Gasteiger charge is -2.33. The van der Waals surface area contributed by atoms with E-state index in [0.717, 1.165) is 17.5 Å². The summed E-state index contributed by atoms with van der Waals surface area (Å²) in [5.74, 6) is 0.346. The van der Waals surface area contributed by atoms with Crippen molar-refractivity contribution in [1.29, 1.82) is 0 Å². The van der Waals surface area contributed by atoms with Crippen molar-refractivity contribution in [3.8, 4) is 5.75 Å². The smallest absolute Gasteiger partial charge is 0.305 e. The van der Waals surface area contributed by atoms with Gasteiger partial charge in [-0.3, -0.25) is 4.79 Å². The summed E-state index contributed by atoms with van der Waals surface area (Å²) in [5.41, 5.74) is -0.459. The van der Waals surface area contributed by atoms with Crippen LogP contribution < -0.4 is 4.74 Å². The number of aliphatic hydroxyl groups is 2. The number of carbonyl (C=O) groups is 1. The van der Waals surface area contributed by atoms with Crippen molar-refractivity contribution in [3.63, 3.8) is 0 Å². The molecule has 5 heteroatoms. The summed E-state index contributed by atoms with van der Waals surface area (Å²) >= 11 is 0. The molecule has 1 fully saturated rings. The predicted molar refractivity (Wildman–Crippen MR) is 75.0 cm³/mol. The van der Waals surface area contributed by atoms with Crippen LogP contribution in [-0.2, 0) is 21.6 Å². The van der Waals surface area contributed by atoms with E-state index < -0.39 is 11.2 Å². The Labute approximate surface area is 123 Å². The fourth-order valence-electron chi connectivity index (χ4n) is 3.58. The SMILES string of the molecule is COC(=O)CCc1cccc2c1OC1(CO)CCCC21O. The molecule has 2 atom stereocenters. The number of esters is 1. The number of ether oxygens (including phenoxy) is 2. The van der Waals surface area contributed by atoms with Gasteiger partial charge < -0.3 is 19.7 Å². The summed E-state index contributed by atoms with van der Waals surface area (Å²) in [4.78, 5) is 11.3. The lowest BCUT2D eigenvalue weighted by molar-refractivity contribution is -0.140. The van der Waals surface area contributed by atoms with E-state index in [1.54, 1.807) is 0 Å². The summed E-state index contributed by atoms with van der Waals surface area (Å²) in [5, 5.41) is 20.8. The molecule has 2 unspecified atom stereocenters. The third kappa shape index (κ3) is 1.95. The van der Waals surface area contributed by atoms with Gasteiger partial charge in [-0.2, -0.15) is 0 Å². The first-order chi connectivity index (χ1) is 10.1. The number of hydrogen-bond donors (Lipinski definition) is 2. The van der Waals surface area contributed by atoms with E-state index >= 15 is 0 Å². The summed E-state index contributed by atoms with van der Waals surface area (Å²) in [6, 6.07) is 5.59. The Hall–Kier alpha value is -1.59. The van der Waals surface area contributed by atoms with Crippen LogP contribution in [0.2, 0.25) is 0 Å². The van der Waals surface area contributed by atoms with Gasteiger partial charge in [0, 0.05) is 12.0 Å². The van der Waals surface area contributed by atoms with Crippen LogP contribution in [0.3, 0.4) is 0 Å². The zero-order valence-electron chi connectivity index (χ0n) is 12.1. The first-order valence-electron chi connectivity index (χ1n) is 7.28. The highest BCUT2D eigenvalue weighted by Crippen LogP contribution is 2.57. The molecule has 0 saturated heterocycles. The highest BCUT2D eigenvalue weighted by atomic mass is 16.5. The van der Waals surface area contributed by atoms with Crippen molar-refractivity contribution in [1.82, 2.24) is 0 Å². The van der Waals surface area contributed by atoms with Crippen LogP contribution in [0.15, 0.2) is 18.2 Å². The van der Waals surface area contributed by atoms with E-state index in [1.807, 2.05) is 18.2 Å². The Morgan fingerprint density at radius 2 is 2.24 bits per heavy atom. The number of methoxy groups -OCH3 is 1. The van der Waals surface area contributed by atoms with Crippen molar-refractivity contribution < 1.29 is 24.5 Å². The van der Waals surface area contributed by atoms with Crippen LogP contribution in [0, 0.1) is 0 Å². The third-order valence-corrected chi connectivity index (χ3v) is 4.79. The first kappa shape index (κ1) is 14.4. The third-order valence-electron chi connectivity index (χ3n) is 4.79. The monoisotopic (exact) mass is 292 g/mol. The molecule has 1 aliphatic heterocycles. The zero-order valence-corrected chi connectivity index (χ0v) is 12.1. The molecule has 0 aromatic heterocycles. The molecular formula is C16H20O5. The Kier molecular flexibility index (Phi) is 3.42. The van der Waals surface area contributed by atoms with Gasteiger partial charge in [-0.05, 0) is 31.2 Å². The molecule has 3 rings (SSSR count). The fourth-order valence-corrected chi connectivity index (χ4v) is 3.58. The second-order valence-electron chi connectivity index (χ2n) is 5.84. The van der Waals surface area contributed by atoms with Crippen LogP contribution in [0.4, 0.5) is 0 Å². The minimum absolute atomic E-state index is 0.214. The number of hydrogen-bond acceptors (Lipinski definition) is 5. The molecular weight excluding hydrogens is 272 g/mol. The lowest BCUT2D eigenvalue weighted by Crippen LogP contribution is -2.50. The lowest BCUT2D eigenvalue weighted by atomic mass is 9.82. The minimum atomic E-state index is -1.13. The van der Waals surface area contributed by atoms with Gasteiger partial charge in [0.25, 0.3) is 0 Å². The molecule has 21 heavy (non-hydrogen) atoms. The van der Waals surface area contributed by atoms with E-state index in [2.05, 4.69) is 4.74 Å². The number of aliphatic hydroxyl groups excluding tert-OH is 1. The molecule has 0 amide bonds. The van der Waals surface area contributed by atoms with Gasteiger partial charge in [0.1, 0.15) is 11.4 Å². The average Bonchev–Trinajstić information content (AvgIpc) is 2.94. The number of para-hydroxylation sites is 1. The summed E-state index contributed by atoms with van der Waals surface area (Å²) in [7, 11) is 1.36. The van der Waals surface area contributed by atoms with Crippen LogP contribution in [-0.4, -0.2) is 35.5 Å². The van der Waals surface area contributed by atoms with Crippen molar-refractivity contribution in [2.45, 2.75) is 43.3 Å². The van der Waals surface area contributed by atoms with E-state index in [-0.39, 0.29) is 19.0 Å². The van der Waals surface area contributed by atoms with E-state index in [0.29, 0.717) is 25.0 Å². The largest absolute Gasteiger partial charge is 0.481 e. The molecule has 1 saturated carbocycles. The van der Waals surface area contributed by atoms with Gasteiger partial charge in [0.05, 0.1) is 13.7 Å². The Balaban J connectivity index is 1.95. The molecule has 1 aromatic rings. The molecule has 5 nitrogen and oxygen atoms in total. The second kappa shape index (κ2) is 5.00. The normalized spacial score (nSPS) is 29.7. The van der Waals surface area contributed by atoms with E-state index in [1.165, 1.54) is 7.11 Å². The van der Waals surface area contributed by atoms with Gasteiger partial charge in [0.15, 0.2) is 5.60 Å².